The normalized spacial score (nSPS) is 14.7. The van der Waals surface area contributed by atoms with Crippen molar-refractivity contribution in [2.75, 3.05) is 4.90 Å². The summed E-state index contributed by atoms with van der Waals surface area (Å²) >= 11 is 0. The summed E-state index contributed by atoms with van der Waals surface area (Å²) in [6.07, 6.45) is 2.03. The van der Waals surface area contributed by atoms with Gasteiger partial charge in [-0.05, 0) is 129 Å². The van der Waals surface area contributed by atoms with Crippen molar-refractivity contribution < 1.29 is 0 Å². The SMILES string of the molecule is CC1(C)c2ccccc2-c2c(N(c3ccc(-c4ccc5c6ccccc6n(-c6ccccc6)c5c4)cc3)c3ccc4c(c3)C3(Cc5ccccc5C3)c3ccccc3-4)cccc21. The van der Waals surface area contributed by atoms with Gasteiger partial charge in [-0.2, -0.15) is 0 Å². The molecular weight excluding hydrogens is 749 g/mol. The number of anilines is 3. The van der Waals surface area contributed by atoms with E-state index >= 15 is 0 Å². The van der Waals surface area contributed by atoms with Crippen molar-refractivity contribution in [2.24, 2.45) is 0 Å². The molecule has 0 fully saturated rings. The van der Waals surface area contributed by atoms with Gasteiger partial charge < -0.3 is 9.47 Å². The van der Waals surface area contributed by atoms with Crippen LogP contribution in [0.15, 0.2) is 206 Å². The highest BCUT2D eigenvalue weighted by Gasteiger charge is 2.47. The van der Waals surface area contributed by atoms with Crippen LogP contribution in [-0.4, -0.2) is 4.57 Å². The van der Waals surface area contributed by atoms with E-state index in [1.807, 2.05) is 0 Å². The van der Waals surface area contributed by atoms with E-state index in [0.717, 1.165) is 18.5 Å². The Labute approximate surface area is 363 Å². The molecule has 0 saturated heterocycles. The van der Waals surface area contributed by atoms with E-state index in [-0.39, 0.29) is 10.8 Å². The number of aromatic nitrogens is 1. The Bertz CT molecular complexity index is 3410. The van der Waals surface area contributed by atoms with Gasteiger partial charge in [0.1, 0.15) is 0 Å². The lowest BCUT2D eigenvalue weighted by Gasteiger charge is -2.31. The summed E-state index contributed by atoms with van der Waals surface area (Å²) in [4.78, 5) is 2.54. The first-order valence-corrected chi connectivity index (χ1v) is 22.0. The monoisotopic (exact) mass is 792 g/mol. The minimum Gasteiger partial charge on any atom is -0.310 e. The predicted octanol–water partition coefficient (Wildman–Crippen LogP) is 15.3. The van der Waals surface area contributed by atoms with Crippen molar-refractivity contribution in [2.45, 2.75) is 37.5 Å². The Kier molecular flexibility index (Phi) is 7.43. The van der Waals surface area contributed by atoms with E-state index in [0.29, 0.717) is 0 Å². The highest BCUT2D eigenvalue weighted by atomic mass is 15.1. The highest BCUT2D eigenvalue weighted by molar-refractivity contribution is 6.10. The van der Waals surface area contributed by atoms with Crippen molar-refractivity contribution in [3.05, 3.63) is 240 Å². The van der Waals surface area contributed by atoms with E-state index in [1.165, 1.54) is 106 Å². The number of hydrogen-bond donors (Lipinski definition) is 0. The first kappa shape index (κ1) is 35.3. The van der Waals surface area contributed by atoms with Gasteiger partial charge >= 0.3 is 0 Å². The summed E-state index contributed by atoms with van der Waals surface area (Å²) in [5.41, 5.74) is 23.3. The molecule has 0 amide bonds. The third-order valence-electron chi connectivity index (χ3n) is 14.6. The quantitative estimate of drug-likeness (QED) is 0.169. The van der Waals surface area contributed by atoms with Gasteiger partial charge in [-0.25, -0.2) is 0 Å². The average molecular weight is 793 g/mol. The van der Waals surface area contributed by atoms with Gasteiger partial charge in [-0.3, -0.25) is 0 Å². The summed E-state index contributed by atoms with van der Waals surface area (Å²) in [5, 5.41) is 2.53. The van der Waals surface area contributed by atoms with E-state index < -0.39 is 0 Å². The van der Waals surface area contributed by atoms with Gasteiger partial charge in [0.2, 0.25) is 0 Å². The number of nitrogens with zero attached hydrogens (tertiary/aromatic N) is 2. The van der Waals surface area contributed by atoms with E-state index in [4.69, 9.17) is 0 Å². The van der Waals surface area contributed by atoms with E-state index in [1.54, 1.807) is 0 Å². The van der Waals surface area contributed by atoms with Crippen LogP contribution in [0.1, 0.15) is 47.2 Å². The van der Waals surface area contributed by atoms with Crippen LogP contribution in [0.5, 0.6) is 0 Å². The summed E-state index contributed by atoms with van der Waals surface area (Å²) in [6.45, 7) is 4.76. The predicted molar refractivity (Wildman–Crippen MR) is 259 cm³/mol. The van der Waals surface area contributed by atoms with Gasteiger partial charge in [0.25, 0.3) is 0 Å². The summed E-state index contributed by atoms with van der Waals surface area (Å²) in [6, 6.07) is 77.3. The molecule has 1 heterocycles. The van der Waals surface area contributed by atoms with Crippen LogP contribution < -0.4 is 4.90 Å². The standard InChI is InChI=1S/C60H44N2/c1-59(2)51-22-11-9-21-50(51)58-53(59)24-14-26-56(58)61(45-32-34-47-46-19-8-12-23-52(46)60(54(47)36-45)37-41-15-6-7-16-42(41)38-60)44-30-27-39(28-31-44)40-29-33-49-48-20-10-13-25-55(48)62(57(49)35-40)43-17-4-3-5-18-43/h3-36H,37-38H2,1-2H3. The average Bonchev–Trinajstić information content (AvgIpc) is 4.02. The van der Waals surface area contributed by atoms with Gasteiger partial charge in [-0.1, -0.05) is 166 Å². The maximum atomic E-state index is 2.54. The maximum absolute atomic E-state index is 2.54. The first-order valence-electron chi connectivity index (χ1n) is 22.0. The third kappa shape index (κ3) is 4.92. The van der Waals surface area contributed by atoms with Crippen LogP contribution in [0.3, 0.4) is 0 Å². The zero-order valence-corrected chi connectivity index (χ0v) is 34.9. The lowest BCUT2D eigenvalue weighted by atomic mass is 9.75. The molecule has 0 radical (unpaired) electrons. The molecule has 0 N–H and O–H groups in total. The molecule has 0 atom stereocenters. The molecule has 0 saturated carbocycles. The van der Waals surface area contributed by atoms with Gasteiger partial charge in [0, 0.05) is 44.2 Å². The number of hydrogen-bond acceptors (Lipinski definition) is 1. The van der Waals surface area contributed by atoms with Gasteiger partial charge in [0.15, 0.2) is 0 Å². The fraction of sp³-hybridized carbons (Fsp3) is 0.100. The van der Waals surface area contributed by atoms with Crippen LogP contribution >= 0.6 is 0 Å². The minimum absolute atomic E-state index is 0.102. The number of para-hydroxylation sites is 2. The van der Waals surface area contributed by atoms with Crippen molar-refractivity contribution in [3.63, 3.8) is 0 Å². The van der Waals surface area contributed by atoms with Crippen molar-refractivity contribution in [1.82, 2.24) is 4.57 Å². The van der Waals surface area contributed by atoms with Gasteiger partial charge in [-0.15, -0.1) is 0 Å². The second-order valence-corrected chi connectivity index (χ2v) is 18.2. The van der Waals surface area contributed by atoms with Crippen LogP contribution in [0.2, 0.25) is 0 Å². The summed E-state index contributed by atoms with van der Waals surface area (Å²) in [5.74, 6) is 0. The largest absolute Gasteiger partial charge is 0.310 e. The molecule has 1 spiro atoms. The molecular formula is C60H44N2. The second kappa shape index (κ2) is 13.0. The van der Waals surface area contributed by atoms with Crippen LogP contribution in [0, 0.1) is 0 Å². The Morgan fingerprint density at radius 1 is 0.419 bits per heavy atom. The fourth-order valence-corrected chi connectivity index (χ4v) is 11.7. The molecule has 2 heteroatoms. The Morgan fingerprint density at radius 2 is 1.03 bits per heavy atom. The molecule has 62 heavy (non-hydrogen) atoms. The van der Waals surface area contributed by atoms with Crippen LogP contribution in [-0.2, 0) is 23.7 Å². The highest BCUT2D eigenvalue weighted by Crippen LogP contribution is 2.58. The topological polar surface area (TPSA) is 8.17 Å². The second-order valence-electron chi connectivity index (χ2n) is 18.2. The molecule has 13 rings (SSSR count). The lowest BCUT2D eigenvalue weighted by Crippen LogP contribution is -2.26. The van der Waals surface area contributed by atoms with E-state index in [2.05, 4.69) is 230 Å². The van der Waals surface area contributed by atoms with Crippen LogP contribution in [0.25, 0.3) is 60.9 Å². The van der Waals surface area contributed by atoms with Crippen molar-refractivity contribution >= 4 is 38.9 Å². The summed E-state index contributed by atoms with van der Waals surface area (Å²) in [7, 11) is 0. The zero-order chi connectivity index (χ0) is 41.2. The third-order valence-corrected chi connectivity index (χ3v) is 14.6. The minimum atomic E-state index is -0.114. The first-order chi connectivity index (χ1) is 30.5. The fourth-order valence-electron chi connectivity index (χ4n) is 11.7. The molecule has 2 nitrogen and oxygen atoms in total. The smallest absolute Gasteiger partial charge is 0.0547 e. The molecule has 9 aromatic carbocycles. The zero-order valence-electron chi connectivity index (χ0n) is 34.9. The Balaban J connectivity index is 0.991. The summed E-state index contributed by atoms with van der Waals surface area (Å²) < 4.78 is 2.40. The lowest BCUT2D eigenvalue weighted by molar-refractivity contribution is 0.563. The maximum Gasteiger partial charge on any atom is 0.0547 e. The molecule has 10 aromatic rings. The van der Waals surface area contributed by atoms with Crippen molar-refractivity contribution in [3.8, 4) is 39.1 Å². The van der Waals surface area contributed by atoms with E-state index in [9.17, 15) is 0 Å². The molecule has 3 aliphatic carbocycles. The van der Waals surface area contributed by atoms with Crippen molar-refractivity contribution in [1.29, 1.82) is 0 Å². The number of fused-ring (bicyclic) bond motifs is 12. The molecule has 0 unspecified atom stereocenters. The molecule has 3 aliphatic rings. The van der Waals surface area contributed by atoms with Gasteiger partial charge in [0.05, 0.1) is 16.7 Å². The number of benzene rings is 9. The Hall–Kier alpha value is -7.42. The molecule has 294 valence electrons. The molecule has 0 aliphatic heterocycles. The number of rotatable bonds is 5. The molecule has 1 aromatic heterocycles. The van der Waals surface area contributed by atoms with Crippen LogP contribution in [0.4, 0.5) is 17.1 Å². The molecule has 0 bridgehead atoms. The Morgan fingerprint density at radius 3 is 1.84 bits per heavy atom.